The molecule has 0 radical (unpaired) electrons. The molecule has 0 saturated carbocycles. The van der Waals surface area contributed by atoms with Crippen LogP contribution in [-0.2, 0) is 23.4 Å². The standard InChI is InChI=1S/C11H13N5O4S/c1-15-7-13-10(14-15)6-12-8-4-3-5-9(21(2,19)20)11(8)16(17)18/h3-5,7,12H,6H2,1-2H3. The molecule has 10 heteroatoms. The first-order valence-electron chi connectivity index (χ1n) is 5.85. The second kappa shape index (κ2) is 5.48. The maximum absolute atomic E-state index is 11.6. The molecule has 0 spiro atoms. The van der Waals surface area contributed by atoms with Crippen LogP contribution < -0.4 is 5.32 Å². The molecule has 0 amide bonds. The van der Waals surface area contributed by atoms with E-state index in [9.17, 15) is 18.5 Å². The zero-order chi connectivity index (χ0) is 15.6. The van der Waals surface area contributed by atoms with E-state index in [4.69, 9.17) is 0 Å². The Morgan fingerprint density at radius 3 is 2.67 bits per heavy atom. The van der Waals surface area contributed by atoms with E-state index in [0.717, 1.165) is 6.26 Å². The topological polar surface area (TPSA) is 120 Å². The van der Waals surface area contributed by atoms with Crippen LogP contribution in [0.3, 0.4) is 0 Å². The summed E-state index contributed by atoms with van der Waals surface area (Å²) in [5, 5.41) is 18.0. The predicted molar refractivity (Wildman–Crippen MR) is 74.5 cm³/mol. The molecule has 1 aromatic heterocycles. The molecule has 0 unspecified atom stereocenters. The average molecular weight is 311 g/mol. The number of aromatic nitrogens is 3. The predicted octanol–water partition coefficient (Wildman–Crippen LogP) is 0.739. The van der Waals surface area contributed by atoms with Gasteiger partial charge in [0.05, 0.1) is 11.5 Å². The summed E-state index contributed by atoms with van der Waals surface area (Å²) >= 11 is 0. The van der Waals surface area contributed by atoms with Crippen molar-refractivity contribution in [2.75, 3.05) is 11.6 Å². The fourth-order valence-electron chi connectivity index (χ4n) is 1.79. The van der Waals surface area contributed by atoms with E-state index in [-0.39, 0.29) is 17.1 Å². The average Bonchev–Trinajstić information content (AvgIpc) is 2.80. The Balaban J connectivity index is 2.37. The van der Waals surface area contributed by atoms with Gasteiger partial charge in [0.2, 0.25) is 0 Å². The van der Waals surface area contributed by atoms with Crippen molar-refractivity contribution in [2.45, 2.75) is 11.4 Å². The van der Waals surface area contributed by atoms with Crippen molar-refractivity contribution >= 4 is 21.2 Å². The number of para-hydroxylation sites is 1. The van der Waals surface area contributed by atoms with Gasteiger partial charge in [0.15, 0.2) is 15.7 Å². The zero-order valence-corrected chi connectivity index (χ0v) is 12.2. The molecule has 21 heavy (non-hydrogen) atoms. The number of sulfone groups is 1. The minimum absolute atomic E-state index is 0.107. The van der Waals surface area contributed by atoms with Crippen LogP contribution in [-0.4, -0.2) is 34.4 Å². The fourth-order valence-corrected chi connectivity index (χ4v) is 2.65. The molecular formula is C11H13N5O4S. The Hall–Kier alpha value is -2.49. The van der Waals surface area contributed by atoms with Gasteiger partial charge < -0.3 is 5.32 Å². The summed E-state index contributed by atoms with van der Waals surface area (Å²) in [7, 11) is -2.00. The third kappa shape index (κ3) is 3.34. The molecule has 0 fully saturated rings. The molecule has 0 aliphatic carbocycles. The monoisotopic (exact) mass is 311 g/mol. The summed E-state index contributed by atoms with van der Waals surface area (Å²) in [6.07, 6.45) is 2.43. The molecule has 0 aliphatic heterocycles. The van der Waals surface area contributed by atoms with Crippen molar-refractivity contribution in [1.29, 1.82) is 0 Å². The number of benzene rings is 1. The Labute approximate surface area is 120 Å². The van der Waals surface area contributed by atoms with E-state index in [2.05, 4.69) is 15.4 Å². The SMILES string of the molecule is Cn1cnc(CNc2cccc(S(C)(=O)=O)c2[N+](=O)[O-])n1. The lowest BCUT2D eigenvalue weighted by atomic mass is 10.2. The van der Waals surface area contributed by atoms with Crippen LogP contribution in [0.25, 0.3) is 0 Å². The Kier molecular flexibility index (Phi) is 3.89. The van der Waals surface area contributed by atoms with Crippen molar-refractivity contribution < 1.29 is 13.3 Å². The van der Waals surface area contributed by atoms with Crippen LogP contribution in [0, 0.1) is 10.1 Å². The zero-order valence-electron chi connectivity index (χ0n) is 11.3. The minimum Gasteiger partial charge on any atom is -0.372 e. The maximum Gasteiger partial charge on any atom is 0.310 e. The van der Waals surface area contributed by atoms with Gasteiger partial charge in [-0.3, -0.25) is 14.8 Å². The largest absolute Gasteiger partial charge is 0.372 e. The minimum atomic E-state index is -3.70. The van der Waals surface area contributed by atoms with E-state index in [1.54, 1.807) is 7.05 Å². The van der Waals surface area contributed by atoms with Gasteiger partial charge in [0, 0.05) is 13.3 Å². The van der Waals surface area contributed by atoms with Gasteiger partial charge in [0.1, 0.15) is 16.9 Å². The number of aryl methyl sites for hydroxylation is 1. The highest BCUT2D eigenvalue weighted by Gasteiger charge is 2.26. The molecule has 0 aliphatic rings. The van der Waals surface area contributed by atoms with Gasteiger partial charge in [-0.1, -0.05) is 6.07 Å². The summed E-state index contributed by atoms with van der Waals surface area (Å²) in [4.78, 5) is 14.1. The molecule has 112 valence electrons. The lowest BCUT2D eigenvalue weighted by Crippen LogP contribution is -2.08. The summed E-state index contributed by atoms with van der Waals surface area (Å²) < 4.78 is 24.8. The Bertz CT molecular complexity index is 784. The Morgan fingerprint density at radius 1 is 1.43 bits per heavy atom. The lowest BCUT2D eigenvalue weighted by Gasteiger charge is -2.08. The second-order valence-corrected chi connectivity index (χ2v) is 6.35. The highest BCUT2D eigenvalue weighted by molar-refractivity contribution is 7.90. The first-order valence-corrected chi connectivity index (χ1v) is 7.74. The smallest absolute Gasteiger partial charge is 0.310 e. The van der Waals surface area contributed by atoms with Gasteiger partial charge in [0.25, 0.3) is 0 Å². The molecule has 2 aromatic rings. The second-order valence-electron chi connectivity index (χ2n) is 4.37. The van der Waals surface area contributed by atoms with Crippen LogP contribution in [0.1, 0.15) is 5.82 Å². The molecule has 9 nitrogen and oxygen atoms in total. The summed E-state index contributed by atoms with van der Waals surface area (Å²) in [6, 6.07) is 4.09. The summed E-state index contributed by atoms with van der Waals surface area (Å²) in [6.45, 7) is 0.148. The lowest BCUT2D eigenvalue weighted by molar-refractivity contribution is -0.386. The third-order valence-electron chi connectivity index (χ3n) is 2.67. The van der Waals surface area contributed by atoms with E-state index in [1.807, 2.05) is 0 Å². The number of anilines is 1. The third-order valence-corrected chi connectivity index (χ3v) is 3.79. The van der Waals surface area contributed by atoms with E-state index < -0.39 is 20.4 Å². The van der Waals surface area contributed by atoms with Crippen molar-refractivity contribution in [1.82, 2.24) is 14.8 Å². The van der Waals surface area contributed by atoms with Gasteiger partial charge in [-0.05, 0) is 12.1 Å². The van der Waals surface area contributed by atoms with Crippen LogP contribution in [0.5, 0.6) is 0 Å². The Morgan fingerprint density at radius 2 is 2.14 bits per heavy atom. The molecule has 2 rings (SSSR count). The van der Waals surface area contributed by atoms with Gasteiger partial charge in [-0.2, -0.15) is 5.10 Å². The molecule has 0 saturated heterocycles. The van der Waals surface area contributed by atoms with Gasteiger partial charge >= 0.3 is 5.69 Å². The first-order chi connectivity index (χ1) is 9.79. The van der Waals surface area contributed by atoms with Gasteiger partial charge in [-0.15, -0.1) is 0 Å². The number of rotatable bonds is 5. The molecule has 0 atom stereocenters. The first kappa shape index (κ1) is 14.9. The van der Waals surface area contributed by atoms with Crippen LogP contribution in [0.2, 0.25) is 0 Å². The van der Waals surface area contributed by atoms with Crippen LogP contribution in [0.15, 0.2) is 29.4 Å². The number of nitro groups is 1. The maximum atomic E-state index is 11.6. The summed E-state index contributed by atoms with van der Waals surface area (Å²) in [5.41, 5.74) is -0.369. The van der Waals surface area contributed by atoms with E-state index in [1.165, 1.54) is 29.2 Å². The number of hydrogen-bond donors (Lipinski definition) is 1. The van der Waals surface area contributed by atoms with Crippen molar-refractivity contribution in [3.05, 3.63) is 40.5 Å². The molecule has 1 aromatic carbocycles. The molecule has 1 heterocycles. The van der Waals surface area contributed by atoms with Crippen molar-refractivity contribution in [2.24, 2.45) is 7.05 Å². The highest BCUT2D eigenvalue weighted by atomic mass is 32.2. The normalized spacial score (nSPS) is 11.3. The van der Waals surface area contributed by atoms with Crippen LogP contribution >= 0.6 is 0 Å². The van der Waals surface area contributed by atoms with Crippen LogP contribution in [0.4, 0.5) is 11.4 Å². The molecular weight excluding hydrogens is 298 g/mol. The number of nitrogens with zero attached hydrogens (tertiary/aromatic N) is 4. The quantitative estimate of drug-likeness (QED) is 0.638. The van der Waals surface area contributed by atoms with Crippen molar-refractivity contribution in [3.8, 4) is 0 Å². The van der Waals surface area contributed by atoms with E-state index in [0.29, 0.717) is 5.82 Å². The van der Waals surface area contributed by atoms with Crippen molar-refractivity contribution in [3.63, 3.8) is 0 Å². The molecule has 1 N–H and O–H groups in total. The van der Waals surface area contributed by atoms with Gasteiger partial charge in [-0.25, -0.2) is 13.4 Å². The number of nitro benzene ring substituents is 1. The highest BCUT2D eigenvalue weighted by Crippen LogP contribution is 2.32. The van der Waals surface area contributed by atoms with E-state index >= 15 is 0 Å². The molecule has 0 bridgehead atoms. The number of nitrogens with one attached hydrogen (secondary N) is 1. The number of hydrogen-bond acceptors (Lipinski definition) is 7. The summed E-state index contributed by atoms with van der Waals surface area (Å²) in [5.74, 6) is 0.441. The fraction of sp³-hybridized carbons (Fsp3) is 0.273.